The molecule has 5 heteroatoms. The highest BCUT2D eigenvalue weighted by Crippen LogP contribution is 2.28. The number of hydrogen-bond acceptors (Lipinski definition) is 2. The van der Waals surface area contributed by atoms with E-state index in [1.165, 1.54) is 0 Å². The van der Waals surface area contributed by atoms with E-state index in [-0.39, 0.29) is 12.6 Å². The van der Waals surface area contributed by atoms with Gasteiger partial charge in [0.15, 0.2) is 0 Å². The second-order valence-electron chi connectivity index (χ2n) is 3.95. The van der Waals surface area contributed by atoms with Crippen LogP contribution >= 0.6 is 15.9 Å². The van der Waals surface area contributed by atoms with Crippen molar-refractivity contribution in [3.8, 4) is 0 Å². The third kappa shape index (κ3) is 2.61. The Hall–Kier alpha value is -1.07. The second-order valence-corrected chi connectivity index (χ2v) is 4.80. The summed E-state index contributed by atoms with van der Waals surface area (Å²) in [6.07, 6.45) is 0.634. The van der Waals surface area contributed by atoms with Gasteiger partial charge >= 0.3 is 6.03 Å². The SMILES string of the molecule is O=C1N(CCCO)CCN1c1ccccc1Br. The molecule has 17 heavy (non-hydrogen) atoms. The van der Waals surface area contributed by atoms with Crippen LogP contribution < -0.4 is 4.90 Å². The summed E-state index contributed by atoms with van der Waals surface area (Å²) in [5.41, 5.74) is 0.906. The first-order valence-corrected chi connectivity index (χ1v) is 6.45. The van der Waals surface area contributed by atoms with Crippen LogP contribution in [0.15, 0.2) is 28.7 Å². The molecular weight excluding hydrogens is 284 g/mol. The lowest BCUT2D eigenvalue weighted by Crippen LogP contribution is -2.32. The molecule has 2 rings (SSSR count). The molecule has 2 amide bonds. The number of para-hydroxylation sites is 1. The van der Waals surface area contributed by atoms with Crippen molar-refractivity contribution in [2.24, 2.45) is 0 Å². The molecule has 0 bridgehead atoms. The lowest BCUT2D eigenvalue weighted by molar-refractivity contribution is 0.211. The predicted octanol–water partition coefficient (Wildman–Crippen LogP) is 2.07. The molecule has 0 aliphatic carbocycles. The van der Waals surface area contributed by atoms with Gasteiger partial charge in [-0.15, -0.1) is 0 Å². The van der Waals surface area contributed by atoms with Crippen molar-refractivity contribution in [3.05, 3.63) is 28.7 Å². The minimum atomic E-state index is 0.0188. The van der Waals surface area contributed by atoms with Crippen LogP contribution in [-0.4, -0.2) is 42.3 Å². The second kappa shape index (κ2) is 5.51. The minimum Gasteiger partial charge on any atom is -0.396 e. The number of nitrogens with zero attached hydrogens (tertiary/aromatic N) is 2. The van der Waals surface area contributed by atoms with Gasteiger partial charge in [-0.1, -0.05) is 12.1 Å². The molecule has 0 radical (unpaired) electrons. The summed E-state index contributed by atoms with van der Waals surface area (Å²) in [5.74, 6) is 0. The Kier molecular flexibility index (Phi) is 4.02. The number of aliphatic hydroxyl groups is 1. The predicted molar refractivity (Wildman–Crippen MR) is 70.2 cm³/mol. The normalized spacial score (nSPS) is 15.8. The van der Waals surface area contributed by atoms with E-state index in [4.69, 9.17) is 5.11 Å². The number of hydrogen-bond donors (Lipinski definition) is 1. The van der Waals surface area contributed by atoms with E-state index >= 15 is 0 Å². The van der Waals surface area contributed by atoms with Gasteiger partial charge in [-0.3, -0.25) is 4.90 Å². The van der Waals surface area contributed by atoms with Crippen molar-refractivity contribution >= 4 is 27.6 Å². The number of aliphatic hydroxyl groups excluding tert-OH is 1. The highest BCUT2D eigenvalue weighted by atomic mass is 79.9. The van der Waals surface area contributed by atoms with Crippen LogP contribution in [0.25, 0.3) is 0 Å². The van der Waals surface area contributed by atoms with Crippen LogP contribution in [0.4, 0.5) is 10.5 Å². The van der Waals surface area contributed by atoms with Gasteiger partial charge in [0, 0.05) is 30.7 Å². The molecule has 1 aromatic rings. The molecular formula is C12H15BrN2O2. The Morgan fingerprint density at radius 3 is 2.76 bits per heavy atom. The number of halogens is 1. The summed E-state index contributed by atoms with van der Waals surface area (Å²) in [6, 6.07) is 7.73. The number of carbonyl (C=O) groups is 1. The highest BCUT2D eigenvalue weighted by Gasteiger charge is 2.29. The van der Waals surface area contributed by atoms with Crippen LogP contribution in [-0.2, 0) is 0 Å². The van der Waals surface area contributed by atoms with Gasteiger partial charge in [0.25, 0.3) is 0 Å². The molecule has 0 saturated carbocycles. The zero-order chi connectivity index (χ0) is 12.3. The fourth-order valence-electron chi connectivity index (χ4n) is 1.95. The zero-order valence-corrected chi connectivity index (χ0v) is 11.1. The van der Waals surface area contributed by atoms with Crippen molar-refractivity contribution in [3.63, 3.8) is 0 Å². The fraction of sp³-hybridized carbons (Fsp3) is 0.417. The van der Waals surface area contributed by atoms with Gasteiger partial charge in [-0.25, -0.2) is 4.79 Å². The van der Waals surface area contributed by atoms with Crippen molar-refractivity contribution < 1.29 is 9.90 Å². The smallest absolute Gasteiger partial charge is 0.324 e. The standard InChI is InChI=1S/C12H15BrN2O2/c13-10-4-1-2-5-11(10)15-8-7-14(12(15)17)6-3-9-16/h1-2,4-5,16H,3,6-9H2. The fourth-order valence-corrected chi connectivity index (χ4v) is 2.44. The van der Waals surface area contributed by atoms with E-state index < -0.39 is 0 Å². The largest absolute Gasteiger partial charge is 0.396 e. The zero-order valence-electron chi connectivity index (χ0n) is 9.47. The van der Waals surface area contributed by atoms with Gasteiger partial charge in [0.05, 0.1) is 5.69 Å². The number of amides is 2. The summed E-state index contributed by atoms with van der Waals surface area (Å²) < 4.78 is 0.928. The summed E-state index contributed by atoms with van der Waals surface area (Å²) in [5, 5.41) is 8.78. The van der Waals surface area contributed by atoms with Crippen LogP contribution in [0, 0.1) is 0 Å². The van der Waals surface area contributed by atoms with E-state index in [0.717, 1.165) is 16.7 Å². The Bertz CT molecular complexity index is 411. The number of anilines is 1. The Labute approximate surface area is 109 Å². The lowest BCUT2D eigenvalue weighted by Gasteiger charge is -2.19. The van der Waals surface area contributed by atoms with Gasteiger partial charge in [-0.05, 0) is 34.5 Å². The molecule has 1 fully saturated rings. The first-order valence-electron chi connectivity index (χ1n) is 5.66. The quantitative estimate of drug-likeness (QED) is 0.925. The molecule has 1 heterocycles. The van der Waals surface area contributed by atoms with Crippen molar-refractivity contribution in [2.75, 3.05) is 31.1 Å². The van der Waals surface area contributed by atoms with Crippen LogP contribution in [0.5, 0.6) is 0 Å². The van der Waals surface area contributed by atoms with Gasteiger partial charge in [-0.2, -0.15) is 0 Å². The summed E-state index contributed by atoms with van der Waals surface area (Å²) in [7, 11) is 0. The Morgan fingerprint density at radius 1 is 1.29 bits per heavy atom. The first kappa shape index (κ1) is 12.4. The molecule has 0 unspecified atom stereocenters. The average Bonchev–Trinajstić information content (AvgIpc) is 2.69. The molecule has 0 spiro atoms. The van der Waals surface area contributed by atoms with Gasteiger partial charge in [0.2, 0.25) is 0 Å². The molecule has 92 valence electrons. The van der Waals surface area contributed by atoms with Crippen LogP contribution in [0.1, 0.15) is 6.42 Å². The Balaban J connectivity index is 2.10. The topological polar surface area (TPSA) is 43.8 Å². The van der Waals surface area contributed by atoms with Crippen LogP contribution in [0.3, 0.4) is 0 Å². The number of rotatable bonds is 4. The molecule has 0 atom stereocenters. The summed E-state index contributed by atoms with van der Waals surface area (Å²) in [4.78, 5) is 15.7. The van der Waals surface area contributed by atoms with Crippen LogP contribution in [0.2, 0.25) is 0 Å². The molecule has 1 aliphatic heterocycles. The van der Waals surface area contributed by atoms with E-state index in [1.807, 2.05) is 24.3 Å². The number of urea groups is 1. The molecule has 1 saturated heterocycles. The number of carbonyl (C=O) groups excluding carboxylic acids is 1. The molecule has 1 N–H and O–H groups in total. The highest BCUT2D eigenvalue weighted by molar-refractivity contribution is 9.10. The molecule has 4 nitrogen and oxygen atoms in total. The van der Waals surface area contributed by atoms with Crippen molar-refractivity contribution in [1.82, 2.24) is 4.90 Å². The van der Waals surface area contributed by atoms with E-state index in [0.29, 0.717) is 19.5 Å². The molecule has 1 aliphatic rings. The maximum atomic E-state index is 12.1. The average molecular weight is 299 g/mol. The lowest BCUT2D eigenvalue weighted by atomic mass is 10.3. The summed E-state index contributed by atoms with van der Waals surface area (Å²) in [6.45, 7) is 2.17. The van der Waals surface area contributed by atoms with Crippen molar-refractivity contribution in [1.29, 1.82) is 0 Å². The minimum absolute atomic E-state index is 0.0188. The van der Waals surface area contributed by atoms with E-state index in [9.17, 15) is 4.79 Å². The maximum absolute atomic E-state index is 12.1. The summed E-state index contributed by atoms with van der Waals surface area (Å²) >= 11 is 3.45. The van der Waals surface area contributed by atoms with Gasteiger partial charge < -0.3 is 10.0 Å². The van der Waals surface area contributed by atoms with Gasteiger partial charge in [0.1, 0.15) is 0 Å². The molecule has 0 aromatic heterocycles. The van der Waals surface area contributed by atoms with E-state index in [2.05, 4.69) is 15.9 Å². The maximum Gasteiger partial charge on any atom is 0.324 e. The first-order chi connectivity index (χ1) is 8.24. The number of benzene rings is 1. The molecule has 1 aromatic carbocycles. The van der Waals surface area contributed by atoms with E-state index in [1.54, 1.807) is 9.80 Å². The third-order valence-corrected chi connectivity index (χ3v) is 3.49. The van der Waals surface area contributed by atoms with Crippen molar-refractivity contribution in [2.45, 2.75) is 6.42 Å². The Morgan fingerprint density at radius 2 is 2.06 bits per heavy atom. The monoisotopic (exact) mass is 298 g/mol. The third-order valence-electron chi connectivity index (χ3n) is 2.82.